The maximum atomic E-state index is 12.7. The van der Waals surface area contributed by atoms with Gasteiger partial charge in [0.05, 0.1) is 6.10 Å². The van der Waals surface area contributed by atoms with E-state index >= 15 is 0 Å². The predicted octanol–water partition coefficient (Wildman–Crippen LogP) is 3.13. The molecule has 13 heavy (non-hydrogen) atoms. The van der Waals surface area contributed by atoms with E-state index < -0.39 is 11.9 Å². The zero-order valence-corrected chi connectivity index (χ0v) is 8.09. The summed E-state index contributed by atoms with van der Waals surface area (Å²) in [5.41, 5.74) is 0.427. The molecule has 0 aliphatic rings. The average molecular weight is 184 g/mol. The molecule has 1 atom stereocenters. The first-order valence-electron chi connectivity index (χ1n) is 4.46. The highest BCUT2D eigenvalue weighted by Crippen LogP contribution is 2.17. The minimum Gasteiger partial charge on any atom is -0.393 e. The summed E-state index contributed by atoms with van der Waals surface area (Å²) in [5.74, 6) is -0.491. The van der Waals surface area contributed by atoms with Gasteiger partial charge in [-0.05, 0) is 12.0 Å². The van der Waals surface area contributed by atoms with Crippen LogP contribution in [0.15, 0.2) is 36.7 Å². The molecule has 0 radical (unpaired) electrons. The lowest BCUT2D eigenvalue weighted by molar-refractivity contribution is 0.163. The third-order valence-corrected chi connectivity index (χ3v) is 1.74. The first kappa shape index (κ1) is 12.1. The molecular formula is C11H17FO. The number of halogens is 1. The topological polar surface area (TPSA) is 20.2 Å². The Morgan fingerprint density at radius 1 is 1.62 bits per heavy atom. The van der Waals surface area contributed by atoms with Crippen molar-refractivity contribution in [2.45, 2.75) is 32.3 Å². The summed E-state index contributed by atoms with van der Waals surface area (Å²) in [6, 6.07) is 0. The second kappa shape index (κ2) is 6.61. The van der Waals surface area contributed by atoms with E-state index in [2.05, 4.69) is 13.2 Å². The van der Waals surface area contributed by atoms with Gasteiger partial charge >= 0.3 is 0 Å². The van der Waals surface area contributed by atoms with E-state index in [0.29, 0.717) is 18.4 Å². The van der Waals surface area contributed by atoms with Crippen molar-refractivity contribution in [3.05, 3.63) is 36.7 Å². The number of hydrogen-bond acceptors (Lipinski definition) is 1. The van der Waals surface area contributed by atoms with Crippen LogP contribution in [0.4, 0.5) is 4.39 Å². The number of rotatable bonds is 6. The van der Waals surface area contributed by atoms with Gasteiger partial charge in [0.25, 0.3) is 0 Å². The summed E-state index contributed by atoms with van der Waals surface area (Å²) >= 11 is 0. The van der Waals surface area contributed by atoms with E-state index in [4.69, 9.17) is 0 Å². The highest BCUT2D eigenvalue weighted by Gasteiger charge is 2.08. The maximum Gasteiger partial charge on any atom is 0.119 e. The van der Waals surface area contributed by atoms with Gasteiger partial charge in [-0.25, -0.2) is 4.39 Å². The largest absolute Gasteiger partial charge is 0.393 e. The van der Waals surface area contributed by atoms with Gasteiger partial charge in [-0.3, -0.25) is 0 Å². The Morgan fingerprint density at radius 3 is 2.62 bits per heavy atom. The summed E-state index contributed by atoms with van der Waals surface area (Å²) in [4.78, 5) is 0. The van der Waals surface area contributed by atoms with Gasteiger partial charge in [0, 0.05) is 6.42 Å². The molecule has 0 heterocycles. The molecule has 0 saturated heterocycles. The van der Waals surface area contributed by atoms with Gasteiger partial charge in [0.2, 0.25) is 0 Å². The molecule has 0 bridgehead atoms. The average Bonchev–Trinajstić information content (AvgIpc) is 2.04. The molecule has 0 aromatic heterocycles. The SMILES string of the molecule is C=C/C=C(/CC(O)CCC)C(=C)F. The Hall–Kier alpha value is -0.890. The van der Waals surface area contributed by atoms with Crippen LogP contribution in [0, 0.1) is 0 Å². The van der Waals surface area contributed by atoms with Crippen LogP contribution in [0.25, 0.3) is 0 Å². The molecule has 0 saturated carbocycles. The first-order chi connectivity index (χ1) is 6.11. The van der Waals surface area contributed by atoms with Crippen LogP contribution >= 0.6 is 0 Å². The van der Waals surface area contributed by atoms with Crippen molar-refractivity contribution in [1.29, 1.82) is 0 Å². The molecule has 0 rings (SSSR count). The van der Waals surface area contributed by atoms with E-state index in [1.165, 1.54) is 6.08 Å². The van der Waals surface area contributed by atoms with Crippen molar-refractivity contribution in [3.8, 4) is 0 Å². The van der Waals surface area contributed by atoms with Gasteiger partial charge in [-0.15, -0.1) is 0 Å². The van der Waals surface area contributed by atoms with Gasteiger partial charge < -0.3 is 5.11 Å². The molecule has 0 aliphatic heterocycles. The smallest absolute Gasteiger partial charge is 0.119 e. The summed E-state index contributed by atoms with van der Waals surface area (Å²) in [5, 5.41) is 9.41. The highest BCUT2D eigenvalue weighted by atomic mass is 19.1. The second-order valence-corrected chi connectivity index (χ2v) is 2.98. The second-order valence-electron chi connectivity index (χ2n) is 2.98. The Kier molecular flexibility index (Phi) is 6.15. The number of allylic oxidation sites excluding steroid dienone is 3. The number of aliphatic hydroxyl groups is 1. The zero-order valence-electron chi connectivity index (χ0n) is 8.09. The first-order valence-corrected chi connectivity index (χ1v) is 4.46. The molecule has 1 N–H and O–H groups in total. The minimum atomic E-state index is -0.491. The normalized spacial score (nSPS) is 13.9. The highest BCUT2D eigenvalue weighted by molar-refractivity contribution is 5.26. The molecule has 0 fully saturated rings. The van der Waals surface area contributed by atoms with Crippen LogP contribution in [0.3, 0.4) is 0 Å². The van der Waals surface area contributed by atoms with Crippen LogP contribution in [-0.2, 0) is 0 Å². The molecular weight excluding hydrogens is 167 g/mol. The lowest BCUT2D eigenvalue weighted by atomic mass is 10.0. The van der Waals surface area contributed by atoms with E-state index in [9.17, 15) is 9.50 Å². The van der Waals surface area contributed by atoms with E-state index in [1.807, 2.05) is 6.92 Å². The van der Waals surface area contributed by atoms with Crippen molar-refractivity contribution in [3.63, 3.8) is 0 Å². The molecule has 0 aliphatic carbocycles. The lowest BCUT2D eigenvalue weighted by Crippen LogP contribution is -2.07. The third-order valence-electron chi connectivity index (χ3n) is 1.74. The Morgan fingerprint density at radius 2 is 2.23 bits per heavy atom. The molecule has 1 nitrogen and oxygen atoms in total. The quantitative estimate of drug-likeness (QED) is 0.629. The molecule has 0 aromatic carbocycles. The van der Waals surface area contributed by atoms with Gasteiger partial charge in [-0.2, -0.15) is 0 Å². The Bertz CT molecular complexity index is 206. The number of aliphatic hydroxyl groups excluding tert-OH is 1. The summed E-state index contributed by atoms with van der Waals surface area (Å²) in [6.07, 6.45) is 4.45. The lowest BCUT2D eigenvalue weighted by Gasteiger charge is -2.10. The predicted molar refractivity (Wildman–Crippen MR) is 54.1 cm³/mol. The van der Waals surface area contributed by atoms with Crippen LogP contribution in [-0.4, -0.2) is 11.2 Å². The standard InChI is InChI=1S/C11H17FO/c1-4-6-10(9(3)12)8-11(13)7-5-2/h4,6,11,13H,1,3,5,7-8H2,2H3/b10-6-. The fraction of sp³-hybridized carbons (Fsp3) is 0.455. The third kappa shape index (κ3) is 5.36. The summed E-state index contributed by atoms with van der Waals surface area (Å²) in [6.45, 7) is 8.64. The zero-order chi connectivity index (χ0) is 10.3. The van der Waals surface area contributed by atoms with Gasteiger partial charge in [0.1, 0.15) is 5.83 Å². The molecule has 0 aromatic rings. The van der Waals surface area contributed by atoms with Crippen molar-refractivity contribution in [2.75, 3.05) is 0 Å². The molecule has 1 unspecified atom stereocenters. The van der Waals surface area contributed by atoms with Crippen molar-refractivity contribution < 1.29 is 9.50 Å². The fourth-order valence-corrected chi connectivity index (χ4v) is 1.10. The summed E-state index contributed by atoms with van der Waals surface area (Å²) < 4.78 is 12.7. The molecule has 0 spiro atoms. The summed E-state index contributed by atoms with van der Waals surface area (Å²) in [7, 11) is 0. The monoisotopic (exact) mass is 184 g/mol. The van der Waals surface area contributed by atoms with Crippen LogP contribution in [0.2, 0.25) is 0 Å². The molecule has 74 valence electrons. The van der Waals surface area contributed by atoms with Crippen molar-refractivity contribution in [2.24, 2.45) is 0 Å². The molecule has 2 heteroatoms. The van der Waals surface area contributed by atoms with Crippen LogP contribution < -0.4 is 0 Å². The number of hydrogen-bond donors (Lipinski definition) is 1. The van der Waals surface area contributed by atoms with Crippen molar-refractivity contribution >= 4 is 0 Å². The van der Waals surface area contributed by atoms with E-state index in [1.54, 1.807) is 6.08 Å². The Labute approximate surface area is 79.3 Å². The Balaban J connectivity index is 4.18. The van der Waals surface area contributed by atoms with Gasteiger partial charge in [0.15, 0.2) is 0 Å². The maximum absolute atomic E-state index is 12.7. The fourth-order valence-electron chi connectivity index (χ4n) is 1.10. The van der Waals surface area contributed by atoms with Crippen LogP contribution in [0.5, 0.6) is 0 Å². The van der Waals surface area contributed by atoms with E-state index in [0.717, 1.165) is 6.42 Å². The minimum absolute atomic E-state index is 0.315. The van der Waals surface area contributed by atoms with Gasteiger partial charge in [-0.1, -0.05) is 38.7 Å². The van der Waals surface area contributed by atoms with Crippen LogP contribution in [0.1, 0.15) is 26.2 Å². The molecule has 0 amide bonds. The van der Waals surface area contributed by atoms with Crippen molar-refractivity contribution in [1.82, 2.24) is 0 Å². The van der Waals surface area contributed by atoms with E-state index in [-0.39, 0.29) is 0 Å².